The minimum atomic E-state index is -0.0396. The van der Waals surface area contributed by atoms with Crippen LogP contribution in [0.4, 0.5) is 9.93 Å². The molecule has 1 fully saturated rings. The fourth-order valence-electron chi connectivity index (χ4n) is 2.31. The highest BCUT2D eigenvalue weighted by Crippen LogP contribution is 2.22. The zero-order valence-electron chi connectivity index (χ0n) is 12.3. The lowest BCUT2D eigenvalue weighted by Gasteiger charge is -2.32. The molecule has 1 aliphatic heterocycles. The summed E-state index contributed by atoms with van der Waals surface area (Å²) < 4.78 is 4.25. The summed E-state index contributed by atoms with van der Waals surface area (Å²) in [7, 11) is 0. The molecule has 7 heteroatoms. The van der Waals surface area contributed by atoms with Crippen molar-refractivity contribution in [1.82, 2.24) is 14.3 Å². The summed E-state index contributed by atoms with van der Waals surface area (Å²) in [5.41, 5.74) is 0. The van der Waals surface area contributed by atoms with E-state index >= 15 is 0 Å². The predicted octanol–water partition coefficient (Wildman–Crippen LogP) is 3.27. The molecule has 2 rings (SSSR count). The van der Waals surface area contributed by atoms with Gasteiger partial charge in [-0.2, -0.15) is 16.1 Å². The molecule has 0 aliphatic carbocycles. The number of nitrogens with one attached hydrogen (secondary N) is 1. The molecule has 0 saturated carbocycles. The van der Waals surface area contributed by atoms with E-state index in [0.717, 1.165) is 31.1 Å². The first-order valence-electron chi connectivity index (χ1n) is 6.98. The van der Waals surface area contributed by atoms with Gasteiger partial charge in [-0.1, -0.05) is 13.8 Å². The molecular formula is C13H22N4OS2. The molecule has 1 aliphatic rings. The van der Waals surface area contributed by atoms with Gasteiger partial charge in [-0.05, 0) is 30.8 Å². The number of carbonyl (C=O) groups is 1. The summed E-state index contributed by atoms with van der Waals surface area (Å²) in [6.45, 7) is 5.78. The number of aromatic nitrogens is 2. The van der Waals surface area contributed by atoms with Crippen LogP contribution in [0.15, 0.2) is 0 Å². The monoisotopic (exact) mass is 314 g/mol. The van der Waals surface area contributed by atoms with E-state index in [1.165, 1.54) is 18.0 Å². The Morgan fingerprint density at radius 3 is 3.05 bits per heavy atom. The standard InChI is InChI=1S/C13H22N4OS2/c1-9(2)11-14-12(20-16-11)15-13(18)17-6-4-5-10(7-17)8-19-3/h9-10H,4-8H2,1-3H3,(H,14,15,16,18). The summed E-state index contributed by atoms with van der Waals surface area (Å²) in [5.74, 6) is 2.83. The molecule has 5 nitrogen and oxygen atoms in total. The summed E-state index contributed by atoms with van der Waals surface area (Å²) in [6, 6.07) is -0.0396. The van der Waals surface area contributed by atoms with Gasteiger partial charge < -0.3 is 4.90 Å². The second-order valence-electron chi connectivity index (χ2n) is 5.45. The molecular weight excluding hydrogens is 292 g/mol. The number of amides is 2. The van der Waals surface area contributed by atoms with E-state index in [-0.39, 0.29) is 11.9 Å². The van der Waals surface area contributed by atoms with Crippen molar-refractivity contribution < 1.29 is 4.79 Å². The largest absolute Gasteiger partial charge is 0.324 e. The van der Waals surface area contributed by atoms with Crippen LogP contribution in [-0.2, 0) is 0 Å². The van der Waals surface area contributed by atoms with Crippen LogP contribution >= 0.6 is 23.3 Å². The van der Waals surface area contributed by atoms with E-state index in [1.54, 1.807) is 0 Å². The molecule has 1 atom stereocenters. The molecule has 0 spiro atoms. The number of nitrogens with zero attached hydrogens (tertiary/aromatic N) is 3. The zero-order chi connectivity index (χ0) is 14.5. The lowest BCUT2D eigenvalue weighted by Crippen LogP contribution is -2.42. The molecule has 0 aromatic carbocycles. The number of hydrogen-bond donors (Lipinski definition) is 1. The van der Waals surface area contributed by atoms with Gasteiger partial charge in [0.05, 0.1) is 0 Å². The molecule has 2 amide bonds. The summed E-state index contributed by atoms with van der Waals surface area (Å²) in [6.07, 6.45) is 4.43. The molecule has 1 aromatic rings. The van der Waals surface area contributed by atoms with Crippen LogP contribution in [0.25, 0.3) is 0 Å². The van der Waals surface area contributed by atoms with Gasteiger partial charge in [0.25, 0.3) is 0 Å². The fraction of sp³-hybridized carbons (Fsp3) is 0.769. The first kappa shape index (κ1) is 15.6. The first-order chi connectivity index (χ1) is 9.60. The van der Waals surface area contributed by atoms with Crippen LogP contribution in [-0.4, -0.2) is 45.4 Å². The fourth-order valence-corrected chi connectivity index (χ4v) is 3.75. The number of rotatable bonds is 4. The summed E-state index contributed by atoms with van der Waals surface area (Å²) in [4.78, 5) is 18.5. The Morgan fingerprint density at radius 2 is 2.40 bits per heavy atom. The summed E-state index contributed by atoms with van der Waals surface area (Å²) >= 11 is 3.11. The van der Waals surface area contributed by atoms with Crippen LogP contribution in [0.5, 0.6) is 0 Å². The Kier molecular flexibility index (Phi) is 5.65. The Bertz CT molecular complexity index is 447. The van der Waals surface area contributed by atoms with E-state index in [2.05, 4.69) is 20.9 Å². The number of hydrogen-bond acceptors (Lipinski definition) is 5. The maximum absolute atomic E-state index is 12.2. The van der Waals surface area contributed by atoms with Crippen molar-refractivity contribution in [1.29, 1.82) is 0 Å². The number of carbonyl (C=O) groups excluding carboxylic acids is 1. The van der Waals surface area contributed by atoms with Crippen molar-refractivity contribution in [3.8, 4) is 0 Å². The van der Waals surface area contributed by atoms with E-state index < -0.39 is 0 Å². The lowest BCUT2D eigenvalue weighted by molar-refractivity contribution is 0.183. The maximum atomic E-state index is 12.2. The number of piperidine rings is 1. The topological polar surface area (TPSA) is 58.1 Å². The third kappa shape index (κ3) is 4.09. The molecule has 1 unspecified atom stereocenters. The number of likely N-dealkylation sites (tertiary alicyclic amines) is 1. The molecule has 112 valence electrons. The highest BCUT2D eigenvalue weighted by atomic mass is 32.2. The van der Waals surface area contributed by atoms with E-state index in [1.807, 2.05) is 30.5 Å². The quantitative estimate of drug-likeness (QED) is 0.926. The van der Waals surface area contributed by atoms with Gasteiger partial charge in [0.2, 0.25) is 5.13 Å². The molecule has 0 bridgehead atoms. The Morgan fingerprint density at radius 1 is 1.60 bits per heavy atom. The molecule has 0 radical (unpaired) electrons. The Hall–Kier alpha value is -0.820. The number of thioether (sulfide) groups is 1. The molecule has 1 N–H and O–H groups in total. The molecule has 1 saturated heterocycles. The molecule has 20 heavy (non-hydrogen) atoms. The van der Waals surface area contributed by atoms with E-state index in [4.69, 9.17) is 0 Å². The highest BCUT2D eigenvalue weighted by molar-refractivity contribution is 7.98. The minimum absolute atomic E-state index is 0.0396. The summed E-state index contributed by atoms with van der Waals surface area (Å²) in [5, 5.41) is 3.48. The third-order valence-corrected chi connectivity index (χ3v) is 4.83. The van der Waals surface area contributed by atoms with E-state index in [0.29, 0.717) is 11.0 Å². The highest BCUT2D eigenvalue weighted by Gasteiger charge is 2.24. The van der Waals surface area contributed by atoms with Crippen LogP contribution in [0.3, 0.4) is 0 Å². The Labute approximate surface area is 128 Å². The normalized spacial score (nSPS) is 19.4. The number of anilines is 1. The second kappa shape index (κ2) is 7.26. The van der Waals surface area contributed by atoms with E-state index in [9.17, 15) is 4.79 Å². The lowest BCUT2D eigenvalue weighted by atomic mass is 10.0. The average molecular weight is 314 g/mol. The van der Waals surface area contributed by atoms with Crippen molar-refractivity contribution >= 4 is 34.5 Å². The molecule has 1 aromatic heterocycles. The van der Waals surface area contributed by atoms with Crippen molar-refractivity contribution in [2.75, 3.05) is 30.4 Å². The van der Waals surface area contributed by atoms with Crippen molar-refractivity contribution in [3.63, 3.8) is 0 Å². The van der Waals surface area contributed by atoms with Gasteiger partial charge in [-0.15, -0.1) is 0 Å². The van der Waals surface area contributed by atoms with Crippen LogP contribution < -0.4 is 5.32 Å². The first-order valence-corrected chi connectivity index (χ1v) is 9.15. The van der Waals surface area contributed by atoms with Crippen molar-refractivity contribution in [2.24, 2.45) is 5.92 Å². The van der Waals surface area contributed by atoms with Gasteiger partial charge in [0, 0.05) is 30.5 Å². The average Bonchev–Trinajstić information content (AvgIpc) is 2.88. The van der Waals surface area contributed by atoms with Crippen molar-refractivity contribution in [3.05, 3.63) is 5.82 Å². The van der Waals surface area contributed by atoms with Crippen molar-refractivity contribution in [2.45, 2.75) is 32.6 Å². The van der Waals surface area contributed by atoms with Gasteiger partial charge in [-0.3, -0.25) is 5.32 Å². The van der Waals surface area contributed by atoms with Gasteiger partial charge >= 0.3 is 6.03 Å². The SMILES string of the molecule is CSCC1CCCN(C(=O)Nc2nc(C(C)C)ns2)C1. The minimum Gasteiger partial charge on any atom is -0.324 e. The van der Waals surface area contributed by atoms with Gasteiger partial charge in [0.1, 0.15) is 5.82 Å². The molecule has 2 heterocycles. The predicted molar refractivity (Wildman–Crippen MR) is 85.7 cm³/mol. The Balaban J connectivity index is 1.90. The zero-order valence-corrected chi connectivity index (χ0v) is 13.9. The number of urea groups is 1. The van der Waals surface area contributed by atoms with Crippen LogP contribution in [0.1, 0.15) is 38.4 Å². The second-order valence-corrected chi connectivity index (χ2v) is 7.11. The smallest absolute Gasteiger partial charge is 0.323 e. The third-order valence-electron chi connectivity index (χ3n) is 3.38. The maximum Gasteiger partial charge on any atom is 0.323 e. The van der Waals surface area contributed by atoms with Crippen LogP contribution in [0, 0.1) is 5.92 Å². The van der Waals surface area contributed by atoms with Gasteiger partial charge in [0.15, 0.2) is 0 Å². The van der Waals surface area contributed by atoms with Gasteiger partial charge in [-0.25, -0.2) is 9.78 Å². The van der Waals surface area contributed by atoms with Crippen LogP contribution in [0.2, 0.25) is 0 Å².